The van der Waals surface area contributed by atoms with E-state index < -0.39 is 12.6 Å². The van der Waals surface area contributed by atoms with Crippen molar-refractivity contribution in [2.75, 3.05) is 0 Å². The van der Waals surface area contributed by atoms with Crippen molar-refractivity contribution in [1.29, 1.82) is 0 Å². The molecule has 0 bridgehead atoms. The molecule has 1 aromatic carbocycles. The number of halogens is 3. The van der Waals surface area contributed by atoms with Crippen LogP contribution >= 0.6 is 0 Å². The van der Waals surface area contributed by atoms with Crippen LogP contribution in [-0.2, 0) is 19.4 Å². The van der Waals surface area contributed by atoms with Crippen molar-refractivity contribution in [3.8, 4) is 0 Å². The van der Waals surface area contributed by atoms with Gasteiger partial charge in [-0.15, -0.1) is 0 Å². The molecule has 2 aromatic rings. The van der Waals surface area contributed by atoms with E-state index in [1.165, 1.54) is 11.1 Å². The summed E-state index contributed by atoms with van der Waals surface area (Å²) in [6.45, 7) is 0.682. The largest absolute Gasteiger partial charge is 0.389 e. The van der Waals surface area contributed by atoms with E-state index >= 15 is 0 Å². The molecule has 0 saturated heterocycles. The summed E-state index contributed by atoms with van der Waals surface area (Å²) in [6.07, 6.45) is -4.71. The van der Waals surface area contributed by atoms with Crippen molar-refractivity contribution >= 4 is 0 Å². The molecule has 21 heavy (non-hydrogen) atoms. The topological polar surface area (TPSA) is 51.0 Å². The zero-order chi connectivity index (χ0) is 14.9. The van der Waals surface area contributed by atoms with E-state index in [0.717, 1.165) is 0 Å². The van der Waals surface area contributed by atoms with Gasteiger partial charge in [0, 0.05) is 13.0 Å². The maximum absolute atomic E-state index is 12.2. The standard InChI is InChI=1S/C14H14F3N3O/c15-14(16,17)6-5-12-19-13(21-20-12)11-7-9-3-1-2-4-10(9)8-18-11/h1-4,11,18H,5-8H2/t11-/m1/s1. The Labute approximate surface area is 119 Å². The van der Waals surface area contributed by atoms with E-state index in [1.54, 1.807) is 0 Å². The van der Waals surface area contributed by atoms with Gasteiger partial charge < -0.3 is 9.84 Å². The Morgan fingerprint density at radius 3 is 2.76 bits per heavy atom. The van der Waals surface area contributed by atoms with Crippen LogP contribution in [0.15, 0.2) is 28.8 Å². The quantitative estimate of drug-likeness (QED) is 0.946. The highest BCUT2D eigenvalue weighted by Crippen LogP contribution is 2.26. The van der Waals surface area contributed by atoms with Crippen molar-refractivity contribution < 1.29 is 17.7 Å². The smallest absolute Gasteiger partial charge is 0.338 e. The van der Waals surface area contributed by atoms with Crippen LogP contribution < -0.4 is 5.32 Å². The normalized spacial score (nSPS) is 18.5. The third-order valence-corrected chi connectivity index (χ3v) is 3.50. The van der Waals surface area contributed by atoms with Crippen molar-refractivity contribution in [2.45, 2.75) is 38.0 Å². The number of benzene rings is 1. The van der Waals surface area contributed by atoms with Gasteiger partial charge in [0.25, 0.3) is 0 Å². The Kier molecular flexibility index (Phi) is 3.67. The second-order valence-corrected chi connectivity index (χ2v) is 5.07. The lowest BCUT2D eigenvalue weighted by molar-refractivity contribution is -0.134. The van der Waals surface area contributed by atoms with Gasteiger partial charge in [0.2, 0.25) is 5.89 Å². The molecule has 0 unspecified atom stereocenters. The number of nitrogens with one attached hydrogen (secondary N) is 1. The number of alkyl halides is 3. The summed E-state index contributed by atoms with van der Waals surface area (Å²) in [5, 5.41) is 6.88. The van der Waals surface area contributed by atoms with Crippen LogP contribution in [0, 0.1) is 0 Å². The highest BCUT2D eigenvalue weighted by molar-refractivity contribution is 5.30. The molecule has 1 N–H and O–H groups in total. The van der Waals surface area contributed by atoms with Crippen molar-refractivity contribution in [3.63, 3.8) is 0 Å². The summed E-state index contributed by atoms with van der Waals surface area (Å²) in [6, 6.07) is 7.87. The zero-order valence-corrected chi connectivity index (χ0v) is 11.2. The molecule has 3 rings (SSSR count). The first kappa shape index (κ1) is 14.1. The Bertz CT molecular complexity index is 624. The summed E-state index contributed by atoms with van der Waals surface area (Å²) in [7, 11) is 0. The maximum atomic E-state index is 12.2. The minimum absolute atomic E-state index is 0.1000. The van der Waals surface area contributed by atoms with E-state index in [1.807, 2.05) is 24.3 Å². The van der Waals surface area contributed by atoms with Gasteiger partial charge in [0.15, 0.2) is 5.82 Å². The Morgan fingerprint density at radius 1 is 1.24 bits per heavy atom. The molecule has 0 fully saturated rings. The molecule has 1 aromatic heterocycles. The molecule has 1 aliphatic heterocycles. The highest BCUT2D eigenvalue weighted by Gasteiger charge is 2.29. The number of aromatic nitrogens is 2. The molecule has 0 amide bonds. The van der Waals surface area contributed by atoms with E-state index in [0.29, 0.717) is 18.9 Å². The van der Waals surface area contributed by atoms with Crippen LogP contribution in [0.5, 0.6) is 0 Å². The molecule has 1 aliphatic rings. The van der Waals surface area contributed by atoms with Gasteiger partial charge in [-0.1, -0.05) is 29.4 Å². The van der Waals surface area contributed by atoms with Gasteiger partial charge >= 0.3 is 6.18 Å². The van der Waals surface area contributed by atoms with Crippen LogP contribution in [-0.4, -0.2) is 16.3 Å². The Morgan fingerprint density at radius 2 is 2.00 bits per heavy atom. The number of rotatable bonds is 3. The number of nitrogens with zero attached hydrogens (tertiary/aromatic N) is 2. The second-order valence-electron chi connectivity index (χ2n) is 5.07. The third-order valence-electron chi connectivity index (χ3n) is 3.50. The fourth-order valence-electron chi connectivity index (χ4n) is 2.39. The van der Waals surface area contributed by atoms with Gasteiger partial charge in [-0.3, -0.25) is 0 Å². The molecule has 0 spiro atoms. The average Bonchev–Trinajstić information content (AvgIpc) is 2.93. The van der Waals surface area contributed by atoms with E-state index in [2.05, 4.69) is 15.5 Å². The van der Waals surface area contributed by atoms with Crippen LogP contribution in [0.2, 0.25) is 0 Å². The third kappa shape index (κ3) is 3.41. The molecule has 2 heterocycles. The van der Waals surface area contributed by atoms with E-state index in [4.69, 9.17) is 4.52 Å². The predicted molar refractivity (Wildman–Crippen MR) is 68.4 cm³/mol. The molecular formula is C14H14F3N3O. The maximum Gasteiger partial charge on any atom is 0.389 e. The van der Waals surface area contributed by atoms with Gasteiger partial charge in [0.05, 0.1) is 12.5 Å². The monoisotopic (exact) mass is 297 g/mol. The van der Waals surface area contributed by atoms with Crippen LogP contribution in [0.25, 0.3) is 0 Å². The van der Waals surface area contributed by atoms with Crippen LogP contribution in [0.4, 0.5) is 13.2 Å². The lowest BCUT2D eigenvalue weighted by Gasteiger charge is -2.23. The first-order valence-corrected chi connectivity index (χ1v) is 6.71. The van der Waals surface area contributed by atoms with E-state index in [9.17, 15) is 13.2 Å². The number of hydrogen-bond acceptors (Lipinski definition) is 4. The zero-order valence-electron chi connectivity index (χ0n) is 11.2. The molecule has 1 atom stereocenters. The van der Waals surface area contributed by atoms with Crippen molar-refractivity contribution in [1.82, 2.24) is 15.5 Å². The van der Waals surface area contributed by atoms with Crippen LogP contribution in [0.1, 0.15) is 35.3 Å². The number of aryl methyl sites for hydroxylation is 1. The Hall–Kier alpha value is -1.89. The molecule has 112 valence electrons. The summed E-state index contributed by atoms with van der Waals surface area (Å²) >= 11 is 0. The summed E-state index contributed by atoms with van der Waals surface area (Å²) in [4.78, 5) is 4.07. The fraction of sp³-hybridized carbons (Fsp3) is 0.429. The predicted octanol–water partition coefficient (Wildman–Crippen LogP) is 2.95. The first-order chi connectivity index (χ1) is 10.0. The molecule has 0 radical (unpaired) electrons. The van der Waals surface area contributed by atoms with E-state index in [-0.39, 0.29) is 18.3 Å². The first-order valence-electron chi connectivity index (χ1n) is 6.71. The summed E-state index contributed by atoms with van der Waals surface area (Å²) < 4.78 is 41.6. The summed E-state index contributed by atoms with van der Waals surface area (Å²) in [5.41, 5.74) is 2.40. The second kappa shape index (κ2) is 5.48. The van der Waals surface area contributed by atoms with Gasteiger partial charge in [0.1, 0.15) is 0 Å². The lowest BCUT2D eigenvalue weighted by atomic mass is 9.96. The number of fused-ring (bicyclic) bond motifs is 1. The lowest BCUT2D eigenvalue weighted by Crippen LogP contribution is -2.28. The highest BCUT2D eigenvalue weighted by atomic mass is 19.4. The molecule has 4 nitrogen and oxygen atoms in total. The Balaban J connectivity index is 1.67. The van der Waals surface area contributed by atoms with Gasteiger partial charge in [-0.2, -0.15) is 18.2 Å². The minimum atomic E-state index is -4.21. The molecular weight excluding hydrogens is 283 g/mol. The van der Waals surface area contributed by atoms with Crippen molar-refractivity contribution in [3.05, 3.63) is 47.1 Å². The molecule has 0 saturated carbocycles. The fourth-order valence-corrected chi connectivity index (χ4v) is 2.39. The molecule has 7 heteroatoms. The summed E-state index contributed by atoms with van der Waals surface area (Å²) in [5.74, 6) is 0.449. The minimum Gasteiger partial charge on any atom is -0.338 e. The SMILES string of the molecule is FC(F)(F)CCc1noc([C@H]2Cc3ccccc3CN2)n1. The van der Waals surface area contributed by atoms with Crippen LogP contribution in [0.3, 0.4) is 0 Å². The number of hydrogen-bond donors (Lipinski definition) is 1. The van der Waals surface area contributed by atoms with Crippen molar-refractivity contribution in [2.24, 2.45) is 0 Å². The average molecular weight is 297 g/mol. The van der Waals surface area contributed by atoms with Gasteiger partial charge in [-0.05, 0) is 17.5 Å². The molecule has 0 aliphatic carbocycles. The van der Waals surface area contributed by atoms with Gasteiger partial charge in [-0.25, -0.2) is 0 Å².